The smallest absolute Gasteiger partial charge is 0.327 e. The number of fused-ring (bicyclic) bond motifs is 1. The zero-order chi connectivity index (χ0) is 15.9. The van der Waals surface area contributed by atoms with E-state index in [1.54, 1.807) is 6.07 Å². The molecule has 22 heavy (non-hydrogen) atoms. The van der Waals surface area contributed by atoms with Crippen molar-refractivity contribution >= 4 is 16.9 Å². The topological polar surface area (TPSA) is 147 Å². The number of nitrogens with zero attached hydrogens (tertiary/aromatic N) is 3. The molecule has 3 aromatic rings. The fraction of sp³-hybridized carbons (Fsp3) is 0.0833. The van der Waals surface area contributed by atoms with Crippen molar-refractivity contribution in [2.24, 2.45) is 0 Å². The van der Waals surface area contributed by atoms with Gasteiger partial charge in [0.2, 0.25) is 0 Å². The lowest BCUT2D eigenvalue weighted by molar-refractivity contribution is 0.0279. The molecular formula is C12H11N5O5. The Hall–Kier alpha value is -3.11. The predicted octanol–water partition coefficient (Wildman–Crippen LogP) is -0.248. The molecule has 2 heterocycles. The maximum atomic E-state index is 11.8. The van der Waals surface area contributed by atoms with E-state index < -0.39 is 11.2 Å². The van der Waals surface area contributed by atoms with E-state index in [1.807, 2.05) is 0 Å². The van der Waals surface area contributed by atoms with Gasteiger partial charge in [-0.15, -0.1) is 5.23 Å². The number of nitrogens with one attached hydrogen (secondary N) is 2. The molecule has 10 nitrogen and oxygen atoms in total. The number of hydrogen-bond donors (Lipinski definition) is 5. The molecule has 1 aromatic carbocycles. The molecule has 0 atom stereocenters. The normalized spacial score (nSPS) is 11.0. The minimum absolute atomic E-state index is 0.152. The Morgan fingerprint density at radius 2 is 2.00 bits per heavy atom. The van der Waals surface area contributed by atoms with Gasteiger partial charge < -0.3 is 9.67 Å². The largest absolute Gasteiger partial charge is 0.506 e. The fourth-order valence-corrected chi connectivity index (χ4v) is 2.16. The van der Waals surface area contributed by atoms with E-state index in [0.29, 0.717) is 5.56 Å². The number of imidazole rings is 1. The number of H-pyrrole nitrogens is 2. The number of aromatic hydroxyl groups is 1. The van der Waals surface area contributed by atoms with Gasteiger partial charge in [0, 0.05) is 6.54 Å². The van der Waals surface area contributed by atoms with Gasteiger partial charge in [-0.1, -0.05) is 6.07 Å². The Balaban J connectivity index is 2.06. The van der Waals surface area contributed by atoms with Crippen molar-refractivity contribution in [1.82, 2.24) is 19.5 Å². The zero-order valence-corrected chi connectivity index (χ0v) is 11.0. The van der Waals surface area contributed by atoms with E-state index in [0.717, 1.165) is 0 Å². The summed E-state index contributed by atoms with van der Waals surface area (Å²) in [6.45, 7) is 0.173. The molecule has 0 aliphatic heterocycles. The quantitative estimate of drug-likeness (QED) is 0.419. The van der Waals surface area contributed by atoms with Gasteiger partial charge in [0.25, 0.3) is 5.56 Å². The van der Waals surface area contributed by atoms with Crippen LogP contribution in [0.15, 0.2) is 34.1 Å². The summed E-state index contributed by atoms with van der Waals surface area (Å²) in [7, 11) is 0. The lowest BCUT2D eigenvalue weighted by atomic mass is 10.2. The SMILES string of the molecule is O=c1[nH]c(=O)c2c(ncn2Cc2ccc(O)c(N(O)O)c2)[nH]1. The molecule has 2 aromatic heterocycles. The van der Waals surface area contributed by atoms with Crippen molar-refractivity contribution in [2.75, 3.05) is 5.23 Å². The predicted molar refractivity (Wildman–Crippen MR) is 74.2 cm³/mol. The van der Waals surface area contributed by atoms with E-state index in [9.17, 15) is 14.7 Å². The van der Waals surface area contributed by atoms with E-state index in [2.05, 4.69) is 15.0 Å². The summed E-state index contributed by atoms with van der Waals surface area (Å²) in [5, 5.41) is 27.3. The molecule has 0 saturated carbocycles. The second-order valence-corrected chi connectivity index (χ2v) is 4.59. The average Bonchev–Trinajstić information content (AvgIpc) is 2.83. The van der Waals surface area contributed by atoms with Crippen LogP contribution in [0.5, 0.6) is 5.75 Å². The van der Waals surface area contributed by atoms with Gasteiger partial charge in [-0.25, -0.2) is 9.78 Å². The van der Waals surface area contributed by atoms with Crippen LogP contribution in [0.4, 0.5) is 5.69 Å². The summed E-state index contributed by atoms with van der Waals surface area (Å²) >= 11 is 0. The van der Waals surface area contributed by atoms with Gasteiger partial charge in [-0.05, 0) is 17.7 Å². The third-order valence-corrected chi connectivity index (χ3v) is 3.12. The number of phenols is 1. The zero-order valence-electron chi connectivity index (χ0n) is 11.0. The first-order valence-corrected chi connectivity index (χ1v) is 6.13. The molecule has 0 saturated heterocycles. The summed E-state index contributed by atoms with van der Waals surface area (Å²) in [5.41, 5.74) is -0.528. The number of phenolic OH excluding ortho intramolecular Hbond substituents is 1. The molecule has 0 amide bonds. The van der Waals surface area contributed by atoms with Crippen LogP contribution >= 0.6 is 0 Å². The Labute approximate surface area is 121 Å². The van der Waals surface area contributed by atoms with Crippen LogP contribution < -0.4 is 16.5 Å². The molecule has 0 unspecified atom stereocenters. The van der Waals surface area contributed by atoms with Crippen LogP contribution in [0.1, 0.15) is 5.56 Å². The number of anilines is 1. The number of rotatable bonds is 3. The summed E-state index contributed by atoms with van der Waals surface area (Å²) in [5.74, 6) is -0.314. The molecule has 0 spiro atoms. The molecule has 5 N–H and O–H groups in total. The fourth-order valence-electron chi connectivity index (χ4n) is 2.16. The molecule has 10 heteroatoms. The Kier molecular flexibility index (Phi) is 3.16. The van der Waals surface area contributed by atoms with Crippen molar-refractivity contribution in [1.29, 1.82) is 0 Å². The Morgan fingerprint density at radius 3 is 2.73 bits per heavy atom. The molecule has 0 fully saturated rings. The van der Waals surface area contributed by atoms with Crippen LogP contribution in [0.2, 0.25) is 0 Å². The second-order valence-electron chi connectivity index (χ2n) is 4.59. The Bertz CT molecular complexity index is 954. The minimum Gasteiger partial charge on any atom is -0.506 e. The highest BCUT2D eigenvalue weighted by atomic mass is 16.8. The first-order chi connectivity index (χ1) is 10.5. The lowest BCUT2D eigenvalue weighted by Crippen LogP contribution is -2.23. The second kappa shape index (κ2) is 5.02. The van der Waals surface area contributed by atoms with Crippen molar-refractivity contribution in [2.45, 2.75) is 6.54 Å². The summed E-state index contributed by atoms with van der Waals surface area (Å²) in [6, 6.07) is 4.17. The number of benzene rings is 1. The third-order valence-electron chi connectivity index (χ3n) is 3.12. The van der Waals surface area contributed by atoms with Crippen molar-refractivity contribution in [3.63, 3.8) is 0 Å². The molecule has 114 valence electrons. The Morgan fingerprint density at radius 1 is 1.23 bits per heavy atom. The summed E-state index contributed by atoms with van der Waals surface area (Å²) in [4.78, 5) is 31.5. The highest BCUT2D eigenvalue weighted by Crippen LogP contribution is 2.26. The first-order valence-electron chi connectivity index (χ1n) is 6.13. The van der Waals surface area contributed by atoms with E-state index in [4.69, 9.17) is 10.4 Å². The first kappa shape index (κ1) is 13.9. The van der Waals surface area contributed by atoms with Crippen molar-refractivity contribution < 1.29 is 15.5 Å². The molecule has 0 bridgehead atoms. The highest BCUT2D eigenvalue weighted by Gasteiger charge is 2.11. The molecule has 0 aliphatic rings. The van der Waals surface area contributed by atoms with Gasteiger partial charge >= 0.3 is 5.69 Å². The van der Waals surface area contributed by atoms with Gasteiger partial charge in [0.05, 0.1) is 6.33 Å². The van der Waals surface area contributed by atoms with E-state index in [-0.39, 0.29) is 34.4 Å². The standard InChI is InChI=1S/C12H11N5O5/c18-8-2-1-6(3-7(8)17(21)22)4-16-5-13-10-9(16)11(19)15-12(20)14-10/h1-3,5,18,21-22H,4H2,(H2,14,15,19,20). The molecular weight excluding hydrogens is 294 g/mol. The number of aromatic amines is 2. The van der Waals surface area contributed by atoms with Crippen LogP contribution in [0.3, 0.4) is 0 Å². The molecule has 0 radical (unpaired) electrons. The van der Waals surface area contributed by atoms with Gasteiger partial charge in [-0.2, -0.15) is 0 Å². The number of aromatic nitrogens is 4. The van der Waals surface area contributed by atoms with Crippen LogP contribution in [0.25, 0.3) is 11.2 Å². The monoisotopic (exact) mass is 305 g/mol. The van der Waals surface area contributed by atoms with Crippen LogP contribution in [0, 0.1) is 0 Å². The van der Waals surface area contributed by atoms with Crippen LogP contribution in [-0.4, -0.2) is 35.0 Å². The van der Waals surface area contributed by atoms with E-state index in [1.165, 1.54) is 23.0 Å². The minimum atomic E-state index is -0.647. The average molecular weight is 305 g/mol. The maximum Gasteiger partial charge on any atom is 0.327 e. The van der Waals surface area contributed by atoms with Gasteiger partial charge in [-0.3, -0.25) is 25.2 Å². The van der Waals surface area contributed by atoms with Crippen molar-refractivity contribution in [3.8, 4) is 5.75 Å². The molecule has 3 rings (SSSR count). The maximum absolute atomic E-state index is 11.8. The van der Waals surface area contributed by atoms with Crippen molar-refractivity contribution in [3.05, 3.63) is 50.9 Å². The van der Waals surface area contributed by atoms with Gasteiger partial charge in [0.1, 0.15) is 11.4 Å². The third kappa shape index (κ3) is 2.32. The number of hydrogen-bond acceptors (Lipinski definition) is 7. The lowest BCUT2D eigenvalue weighted by Gasteiger charge is -2.12. The summed E-state index contributed by atoms with van der Waals surface area (Å²) in [6.07, 6.45) is 1.37. The van der Waals surface area contributed by atoms with Crippen LogP contribution in [-0.2, 0) is 6.54 Å². The molecule has 0 aliphatic carbocycles. The van der Waals surface area contributed by atoms with E-state index >= 15 is 0 Å². The van der Waals surface area contributed by atoms with Gasteiger partial charge in [0.15, 0.2) is 11.2 Å². The highest BCUT2D eigenvalue weighted by molar-refractivity contribution is 5.69. The summed E-state index contributed by atoms with van der Waals surface area (Å²) < 4.78 is 1.49.